The van der Waals surface area contributed by atoms with E-state index in [1.165, 1.54) is 6.33 Å². The van der Waals surface area contributed by atoms with E-state index in [1.807, 2.05) is 43.6 Å². The summed E-state index contributed by atoms with van der Waals surface area (Å²) in [6.45, 7) is 1.20. The van der Waals surface area contributed by atoms with E-state index < -0.39 is 0 Å². The number of nitrogens with zero attached hydrogens (tertiary/aromatic N) is 4. The zero-order valence-electron chi connectivity index (χ0n) is 12.3. The Morgan fingerprint density at radius 1 is 1.18 bits per heavy atom. The van der Waals surface area contributed by atoms with E-state index in [9.17, 15) is 4.79 Å². The number of nitrogens with one attached hydrogen (secondary N) is 1. The van der Waals surface area contributed by atoms with Gasteiger partial charge in [-0.1, -0.05) is 24.3 Å². The molecule has 6 nitrogen and oxygen atoms in total. The summed E-state index contributed by atoms with van der Waals surface area (Å²) in [5.41, 5.74) is 2.86. The molecule has 112 valence electrons. The molecule has 2 aromatic heterocycles. The fourth-order valence-corrected chi connectivity index (χ4v) is 2.23. The number of benzene rings is 1. The maximum absolute atomic E-state index is 12.0. The number of hydrogen-bond donors (Lipinski definition) is 1. The van der Waals surface area contributed by atoms with Crippen LogP contribution in [0.25, 0.3) is 0 Å². The van der Waals surface area contributed by atoms with Crippen LogP contribution in [0, 0.1) is 0 Å². The summed E-state index contributed by atoms with van der Waals surface area (Å²) in [6.07, 6.45) is 5.06. The molecular formula is C16H17N5O. The number of hydrogen-bond acceptors (Lipinski definition) is 3. The van der Waals surface area contributed by atoms with Gasteiger partial charge in [0.15, 0.2) is 0 Å². The smallest absolute Gasteiger partial charge is 0.268 e. The lowest BCUT2D eigenvalue weighted by atomic mass is 10.1. The highest BCUT2D eigenvalue weighted by atomic mass is 16.1. The van der Waals surface area contributed by atoms with Gasteiger partial charge in [0.1, 0.15) is 18.3 Å². The molecule has 0 saturated carbocycles. The van der Waals surface area contributed by atoms with E-state index in [1.54, 1.807) is 21.6 Å². The minimum Gasteiger partial charge on any atom is -0.347 e. The molecular weight excluding hydrogens is 278 g/mol. The van der Waals surface area contributed by atoms with Gasteiger partial charge in [-0.25, -0.2) is 9.67 Å². The van der Waals surface area contributed by atoms with E-state index >= 15 is 0 Å². The van der Waals surface area contributed by atoms with Gasteiger partial charge >= 0.3 is 0 Å². The van der Waals surface area contributed by atoms with Crippen molar-refractivity contribution in [1.82, 2.24) is 24.6 Å². The molecule has 0 saturated heterocycles. The number of rotatable bonds is 5. The van der Waals surface area contributed by atoms with Crippen molar-refractivity contribution >= 4 is 5.91 Å². The van der Waals surface area contributed by atoms with Crippen LogP contribution in [0.15, 0.2) is 55.2 Å². The van der Waals surface area contributed by atoms with Crippen LogP contribution in [-0.4, -0.2) is 25.2 Å². The lowest BCUT2D eigenvalue weighted by molar-refractivity contribution is 0.0943. The third-order valence-corrected chi connectivity index (χ3v) is 3.46. The molecule has 1 amide bonds. The SMILES string of the molecule is Cn1cccc1C(=O)NCc1ccc(Cn2cncn2)cc1. The molecule has 0 bridgehead atoms. The fraction of sp³-hybridized carbons (Fsp3) is 0.188. The van der Waals surface area contributed by atoms with Crippen molar-refractivity contribution in [3.63, 3.8) is 0 Å². The van der Waals surface area contributed by atoms with Crippen molar-refractivity contribution in [1.29, 1.82) is 0 Å². The highest BCUT2D eigenvalue weighted by Crippen LogP contribution is 2.06. The van der Waals surface area contributed by atoms with E-state index in [-0.39, 0.29) is 5.91 Å². The van der Waals surface area contributed by atoms with Gasteiger partial charge in [0, 0.05) is 19.8 Å². The molecule has 0 atom stereocenters. The minimum atomic E-state index is -0.0702. The number of amides is 1. The summed E-state index contributed by atoms with van der Waals surface area (Å²) in [4.78, 5) is 15.9. The Morgan fingerprint density at radius 2 is 1.95 bits per heavy atom. The molecule has 6 heteroatoms. The van der Waals surface area contributed by atoms with Crippen LogP contribution in [0.4, 0.5) is 0 Å². The van der Waals surface area contributed by atoms with Gasteiger partial charge in [-0.15, -0.1) is 0 Å². The Hall–Kier alpha value is -2.89. The van der Waals surface area contributed by atoms with Gasteiger partial charge < -0.3 is 9.88 Å². The monoisotopic (exact) mass is 295 g/mol. The Morgan fingerprint density at radius 3 is 2.59 bits per heavy atom. The van der Waals surface area contributed by atoms with Crippen LogP contribution in [0.3, 0.4) is 0 Å². The van der Waals surface area contributed by atoms with E-state index in [0.717, 1.165) is 11.1 Å². The topological polar surface area (TPSA) is 64.7 Å². The van der Waals surface area contributed by atoms with Crippen LogP contribution >= 0.6 is 0 Å². The van der Waals surface area contributed by atoms with E-state index in [2.05, 4.69) is 15.4 Å². The largest absolute Gasteiger partial charge is 0.347 e. The Labute approximate surface area is 128 Å². The quantitative estimate of drug-likeness (QED) is 0.777. The first kappa shape index (κ1) is 14.1. The highest BCUT2D eigenvalue weighted by molar-refractivity contribution is 5.92. The fourth-order valence-electron chi connectivity index (χ4n) is 2.23. The van der Waals surface area contributed by atoms with Gasteiger partial charge in [-0.2, -0.15) is 5.10 Å². The molecule has 2 heterocycles. The van der Waals surface area contributed by atoms with Crippen LogP contribution in [0.5, 0.6) is 0 Å². The summed E-state index contributed by atoms with van der Waals surface area (Å²) >= 11 is 0. The molecule has 0 radical (unpaired) electrons. The molecule has 3 aromatic rings. The summed E-state index contributed by atoms with van der Waals surface area (Å²) < 4.78 is 3.57. The minimum absolute atomic E-state index is 0.0702. The lowest BCUT2D eigenvalue weighted by Gasteiger charge is -2.07. The second kappa shape index (κ2) is 6.26. The van der Waals surface area contributed by atoms with Crippen LogP contribution in [0.2, 0.25) is 0 Å². The normalized spacial score (nSPS) is 10.6. The van der Waals surface area contributed by atoms with Crippen molar-refractivity contribution < 1.29 is 4.79 Å². The summed E-state index contributed by atoms with van der Waals surface area (Å²) in [5, 5.41) is 7.00. The second-order valence-corrected chi connectivity index (χ2v) is 5.10. The van der Waals surface area contributed by atoms with Gasteiger partial charge in [-0.3, -0.25) is 4.79 Å². The number of aryl methyl sites for hydroxylation is 1. The predicted octanol–water partition coefficient (Wildman–Crippen LogP) is 1.59. The Kier molecular flexibility index (Phi) is 4.00. The molecule has 3 rings (SSSR count). The Balaban J connectivity index is 1.57. The van der Waals surface area contributed by atoms with Crippen LogP contribution in [0.1, 0.15) is 21.6 Å². The van der Waals surface area contributed by atoms with Gasteiger partial charge in [0.2, 0.25) is 0 Å². The van der Waals surface area contributed by atoms with Crippen molar-refractivity contribution in [3.8, 4) is 0 Å². The molecule has 0 aliphatic rings. The third-order valence-electron chi connectivity index (χ3n) is 3.46. The van der Waals surface area contributed by atoms with Gasteiger partial charge in [-0.05, 0) is 23.3 Å². The zero-order valence-corrected chi connectivity index (χ0v) is 12.3. The summed E-state index contributed by atoms with van der Waals surface area (Å²) in [6, 6.07) is 11.7. The first-order valence-corrected chi connectivity index (χ1v) is 7.02. The average Bonchev–Trinajstić information content (AvgIpc) is 3.18. The Bertz CT molecular complexity index is 743. The number of aromatic nitrogens is 4. The molecule has 0 unspecified atom stereocenters. The van der Waals surface area contributed by atoms with E-state index in [0.29, 0.717) is 18.8 Å². The number of carbonyl (C=O) groups excluding carboxylic acids is 1. The van der Waals surface area contributed by atoms with E-state index in [4.69, 9.17) is 0 Å². The van der Waals surface area contributed by atoms with Crippen LogP contribution < -0.4 is 5.32 Å². The molecule has 0 spiro atoms. The first-order valence-electron chi connectivity index (χ1n) is 7.02. The lowest BCUT2D eigenvalue weighted by Crippen LogP contribution is -2.24. The zero-order chi connectivity index (χ0) is 15.4. The van der Waals surface area contributed by atoms with Gasteiger partial charge in [0.05, 0.1) is 6.54 Å². The second-order valence-electron chi connectivity index (χ2n) is 5.10. The van der Waals surface area contributed by atoms with Crippen molar-refractivity contribution in [2.24, 2.45) is 7.05 Å². The van der Waals surface area contributed by atoms with Gasteiger partial charge in [0.25, 0.3) is 5.91 Å². The molecule has 1 N–H and O–H groups in total. The summed E-state index contributed by atoms with van der Waals surface area (Å²) in [5.74, 6) is -0.0702. The first-order chi connectivity index (χ1) is 10.7. The molecule has 0 aliphatic heterocycles. The highest BCUT2D eigenvalue weighted by Gasteiger charge is 2.07. The average molecular weight is 295 g/mol. The number of carbonyl (C=O) groups is 1. The van der Waals surface area contributed by atoms with Crippen molar-refractivity contribution in [3.05, 3.63) is 72.1 Å². The molecule has 22 heavy (non-hydrogen) atoms. The molecule has 1 aromatic carbocycles. The predicted molar refractivity (Wildman–Crippen MR) is 82.1 cm³/mol. The van der Waals surface area contributed by atoms with Crippen LogP contribution in [-0.2, 0) is 20.1 Å². The van der Waals surface area contributed by atoms with Crippen molar-refractivity contribution in [2.75, 3.05) is 0 Å². The van der Waals surface area contributed by atoms with Crippen molar-refractivity contribution in [2.45, 2.75) is 13.1 Å². The maximum Gasteiger partial charge on any atom is 0.268 e. The summed E-state index contributed by atoms with van der Waals surface area (Å²) in [7, 11) is 1.86. The molecule has 0 fully saturated rings. The molecule has 0 aliphatic carbocycles. The standard InChI is InChI=1S/C16H17N5O/c1-20-8-2-3-15(20)16(22)18-9-13-4-6-14(7-5-13)10-21-12-17-11-19-21/h2-8,11-12H,9-10H2,1H3,(H,18,22). The maximum atomic E-state index is 12.0. The third kappa shape index (κ3) is 3.22.